The highest BCUT2D eigenvalue weighted by atomic mass is 32.2. The maximum Gasteiger partial charge on any atom is 0.409 e. The van der Waals surface area contributed by atoms with Gasteiger partial charge in [0.15, 0.2) is 0 Å². The summed E-state index contributed by atoms with van der Waals surface area (Å²) in [6.45, 7) is 3.59. The minimum Gasteiger partial charge on any atom is -0.472 e. The van der Waals surface area contributed by atoms with Crippen molar-refractivity contribution in [2.24, 2.45) is 0 Å². The first kappa shape index (κ1) is 22.2. The van der Waals surface area contributed by atoms with E-state index in [4.69, 9.17) is 9.15 Å². The molecule has 2 N–H and O–H groups in total. The molecule has 1 amide bonds. The maximum absolute atomic E-state index is 13.2. The molecular weight excluding hydrogens is 430 g/mol. The first-order valence-corrected chi connectivity index (χ1v) is 12.2. The number of fused-ring (bicyclic) bond motifs is 1. The average molecular weight is 458 g/mol. The SMILES string of the molecule is CCOC(=O)N1CCC(NS(=O)(=O)c2ccc(NCc3ccoc3)c3ccccc23)CC1. The van der Waals surface area contributed by atoms with Crippen molar-refractivity contribution in [2.45, 2.75) is 37.2 Å². The van der Waals surface area contributed by atoms with Gasteiger partial charge in [0.1, 0.15) is 0 Å². The Morgan fingerprint density at radius 3 is 2.56 bits per heavy atom. The van der Waals surface area contributed by atoms with E-state index in [0.29, 0.717) is 44.5 Å². The second kappa shape index (κ2) is 9.62. The normalized spacial score (nSPS) is 15.1. The Hall–Kier alpha value is -3.04. The van der Waals surface area contributed by atoms with Gasteiger partial charge in [-0.15, -0.1) is 0 Å². The predicted molar refractivity (Wildman–Crippen MR) is 122 cm³/mol. The highest BCUT2D eigenvalue weighted by Gasteiger charge is 2.28. The third-order valence-corrected chi connectivity index (χ3v) is 7.16. The molecule has 1 aliphatic rings. The Bertz CT molecular complexity index is 1170. The number of hydrogen-bond donors (Lipinski definition) is 2. The van der Waals surface area contributed by atoms with Crippen molar-refractivity contribution in [3.63, 3.8) is 0 Å². The van der Waals surface area contributed by atoms with Crippen LogP contribution in [-0.2, 0) is 21.3 Å². The van der Waals surface area contributed by atoms with Crippen LogP contribution in [0.15, 0.2) is 64.3 Å². The van der Waals surface area contributed by atoms with Crippen LogP contribution in [-0.4, -0.2) is 45.1 Å². The van der Waals surface area contributed by atoms with Crippen molar-refractivity contribution in [1.29, 1.82) is 0 Å². The van der Waals surface area contributed by atoms with Crippen molar-refractivity contribution < 1.29 is 22.4 Å². The molecule has 32 heavy (non-hydrogen) atoms. The number of piperidine rings is 1. The fraction of sp³-hybridized carbons (Fsp3) is 0.348. The van der Waals surface area contributed by atoms with Gasteiger partial charge in [-0.25, -0.2) is 17.9 Å². The molecule has 1 aromatic heterocycles. The van der Waals surface area contributed by atoms with Gasteiger partial charge in [-0.1, -0.05) is 24.3 Å². The summed E-state index contributed by atoms with van der Waals surface area (Å²) in [5.41, 5.74) is 1.85. The van der Waals surface area contributed by atoms with Gasteiger partial charge in [0, 0.05) is 47.7 Å². The van der Waals surface area contributed by atoms with Crippen molar-refractivity contribution >= 4 is 32.6 Å². The Labute approximate surface area is 187 Å². The number of carbonyl (C=O) groups is 1. The lowest BCUT2D eigenvalue weighted by Crippen LogP contribution is -2.46. The molecule has 0 bridgehead atoms. The lowest BCUT2D eigenvalue weighted by atomic mass is 10.1. The Kier molecular flexibility index (Phi) is 6.66. The zero-order valence-electron chi connectivity index (χ0n) is 17.9. The van der Waals surface area contributed by atoms with Gasteiger partial charge < -0.3 is 19.4 Å². The second-order valence-corrected chi connectivity index (χ2v) is 9.41. The van der Waals surface area contributed by atoms with Crippen LogP contribution in [0, 0.1) is 0 Å². The first-order chi connectivity index (χ1) is 15.5. The number of hydrogen-bond acceptors (Lipinski definition) is 6. The predicted octanol–water partition coefficient (Wildman–Crippen LogP) is 3.94. The lowest BCUT2D eigenvalue weighted by Gasteiger charge is -2.31. The van der Waals surface area contributed by atoms with Gasteiger partial charge in [0.2, 0.25) is 10.0 Å². The fourth-order valence-electron chi connectivity index (χ4n) is 3.93. The molecule has 4 rings (SSSR count). The molecule has 0 saturated carbocycles. The summed E-state index contributed by atoms with van der Waals surface area (Å²) in [4.78, 5) is 13.7. The van der Waals surface area contributed by atoms with E-state index in [2.05, 4.69) is 10.0 Å². The van der Waals surface area contributed by atoms with Gasteiger partial charge in [0.25, 0.3) is 0 Å². The molecule has 3 aromatic rings. The quantitative estimate of drug-likeness (QED) is 0.557. The summed E-state index contributed by atoms with van der Waals surface area (Å²) >= 11 is 0. The summed E-state index contributed by atoms with van der Waals surface area (Å²) in [6.07, 6.45) is 4.03. The number of nitrogens with one attached hydrogen (secondary N) is 2. The molecule has 1 saturated heterocycles. The minimum atomic E-state index is -3.74. The molecule has 9 heteroatoms. The number of nitrogens with zero attached hydrogens (tertiary/aromatic N) is 1. The fourth-order valence-corrected chi connectivity index (χ4v) is 5.44. The van der Waals surface area contributed by atoms with Crippen molar-refractivity contribution in [3.05, 3.63) is 60.6 Å². The Balaban J connectivity index is 1.50. The molecule has 8 nitrogen and oxygen atoms in total. The van der Waals surface area contributed by atoms with Crippen molar-refractivity contribution in [2.75, 3.05) is 25.0 Å². The molecule has 1 fully saturated rings. The number of likely N-dealkylation sites (tertiary alicyclic amines) is 1. The summed E-state index contributed by atoms with van der Waals surface area (Å²) < 4.78 is 39.4. The molecule has 0 atom stereocenters. The Morgan fingerprint density at radius 2 is 1.88 bits per heavy atom. The number of anilines is 1. The maximum atomic E-state index is 13.2. The van der Waals surface area contributed by atoms with E-state index in [9.17, 15) is 13.2 Å². The van der Waals surface area contributed by atoms with E-state index in [1.165, 1.54) is 0 Å². The topological polar surface area (TPSA) is 101 Å². The monoisotopic (exact) mass is 457 g/mol. The van der Waals surface area contributed by atoms with Crippen molar-refractivity contribution in [1.82, 2.24) is 9.62 Å². The molecule has 0 spiro atoms. The number of sulfonamides is 1. The zero-order valence-corrected chi connectivity index (χ0v) is 18.7. The van der Waals surface area contributed by atoms with Gasteiger partial charge in [-0.2, -0.15) is 0 Å². The van der Waals surface area contributed by atoms with Crippen LogP contribution in [0.1, 0.15) is 25.3 Å². The smallest absolute Gasteiger partial charge is 0.409 e. The minimum absolute atomic E-state index is 0.233. The number of furan rings is 1. The van der Waals surface area contributed by atoms with Gasteiger partial charge >= 0.3 is 6.09 Å². The number of amides is 1. The van der Waals surface area contributed by atoms with Crippen LogP contribution in [0.3, 0.4) is 0 Å². The van der Waals surface area contributed by atoms with Crippen LogP contribution in [0.4, 0.5) is 10.5 Å². The summed E-state index contributed by atoms with van der Waals surface area (Å²) in [5, 5.41) is 4.83. The molecule has 0 unspecified atom stereocenters. The molecule has 0 aliphatic carbocycles. The van der Waals surface area contributed by atoms with E-state index in [1.54, 1.807) is 36.5 Å². The average Bonchev–Trinajstić information content (AvgIpc) is 3.31. The zero-order chi connectivity index (χ0) is 22.6. The largest absolute Gasteiger partial charge is 0.472 e. The van der Waals surface area contributed by atoms with E-state index < -0.39 is 10.0 Å². The van der Waals surface area contributed by atoms with E-state index in [0.717, 1.165) is 16.6 Å². The number of carbonyl (C=O) groups excluding carboxylic acids is 1. The molecule has 170 valence electrons. The number of ether oxygens (including phenoxy) is 1. The molecule has 0 radical (unpaired) electrons. The third kappa shape index (κ3) is 4.89. The molecular formula is C23H27N3O5S. The molecule has 1 aliphatic heterocycles. The first-order valence-electron chi connectivity index (χ1n) is 10.7. The standard InChI is InChI=1S/C23H27N3O5S/c1-2-31-23(27)26-12-9-18(10-13-26)25-32(28,29)22-8-7-21(19-5-3-4-6-20(19)22)24-15-17-11-14-30-16-17/h3-8,11,14,16,18,24-25H,2,9-10,12-13,15H2,1H3. The lowest BCUT2D eigenvalue weighted by molar-refractivity contribution is 0.0966. The number of benzene rings is 2. The highest BCUT2D eigenvalue weighted by Crippen LogP contribution is 2.30. The molecule has 2 heterocycles. The van der Waals surface area contributed by atoms with Crippen LogP contribution in [0.2, 0.25) is 0 Å². The highest BCUT2D eigenvalue weighted by molar-refractivity contribution is 7.89. The third-order valence-electron chi connectivity index (χ3n) is 5.58. The van der Waals surface area contributed by atoms with E-state index in [1.807, 2.05) is 30.3 Å². The summed E-state index contributed by atoms with van der Waals surface area (Å²) in [6, 6.07) is 12.5. The van der Waals surface area contributed by atoms with E-state index >= 15 is 0 Å². The van der Waals surface area contributed by atoms with Gasteiger partial charge in [-0.05, 0) is 38.0 Å². The Morgan fingerprint density at radius 1 is 1.12 bits per heavy atom. The van der Waals surface area contributed by atoms with E-state index in [-0.39, 0.29) is 17.0 Å². The van der Waals surface area contributed by atoms with Crippen LogP contribution in [0.5, 0.6) is 0 Å². The summed E-state index contributed by atoms with van der Waals surface area (Å²) in [5.74, 6) is 0. The van der Waals surface area contributed by atoms with Gasteiger partial charge in [-0.3, -0.25) is 0 Å². The van der Waals surface area contributed by atoms with Crippen molar-refractivity contribution in [3.8, 4) is 0 Å². The number of rotatable bonds is 7. The summed E-state index contributed by atoms with van der Waals surface area (Å²) in [7, 11) is -3.74. The molecule has 2 aromatic carbocycles. The van der Waals surface area contributed by atoms with Crippen LogP contribution >= 0.6 is 0 Å². The second-order valence-electron chi connectivity index (χ2n) is 7.72. The van der Waals surface area contributed by atoms with Gasteiger partial charge in [0.05, 0.1) is 24.0 Å². The van der Waals surface area contributed by atoms with Crippen LogP contribution < -0.4 is 10.0 Å². The van der Waals surface area contributed by atoms with Crippen LogP contribution in [0.25, 0.3) is 10.8 Å².